The van der Waals surface area contributed by atoms with Crippen LogP contribution in [0.1, 0.15) is 19.4 Å². The van der Waals surface area contributed by atoms with E-state index in [0.29, 0.717) is 11.1 Å². The number of benzene rings is 1. The van der Waals surface area contributed by atoms with Crippen LogP contribution in [0.5, 0.6) is 5.75 Å². The number of hydrogen-bond acceptors (Lipinski definition) is 5. The summed E-state index contributed by atoms with van der Waals surface area (Å²) >= 11 is 11.8. The maximum atomic E-state index is 9.60. The van der Waals surface area contributed by atoms with Crippen LogP contribution < -0.4 is 0 Å². The van der Waals surface area contributed by atoms with Gasteiger partial charge in [0.2, 0.25) is 0 Å². The molecule has 5 nitrogen and oxygen atoms in total. The Bertz CT molecular complexity index is 929. The quantitative estimate of drug-likeness (QED) is 0.762. The fourth-order valence-electron chi connectivity index (χ4n) is 2.34. The third-order valence-electron chi connectivity index (χ3n) is 3.55. The Balaban J connectivity index is 2.58. The summed E-state index contributed by atoms with van der Waals surface area (Å²) in [4.78, 5) is 0. The van der Waals surface area contributed by atoms with Gasteiger partial charge in [-0.1, -0.05) is 35.4 Å². The fourth-order valence-corrected chi connectivity index (χ4v) is 2.85. The molecule has 0 unspecified atom stereocenters. The van der Waals surface area contributed by atoms with Crippen LogP contribution in [0.3, 0.4) is 0 Å². The third kappa shape index (κ3) is 3.47. The van der Waals surface area contributed by atoms with Crippen molar-refractivity contribution < 1.29 is 9.84 Å². The summed E-state index contributed by atoms with van der Waals surface area (Å²) in [5.41, 5.74) is 0.0689. The summed E-state index contributed by atoms with van der Waals surface area (Å²) in [6.45, 7) is 3.44. The predicted molar refractivity (Wildman–Crippen MR) is 93.2 cm³/mol. The number of nitriles is 3. The van der Waals surface area contributed by atoms with Gasteiger partial charge in [-0.25, -0.2) is 0 Å². The number of rotatable bonds is 2. The number of phenolic OH excluding ortho intramolecular Hbond substituents is 1. The Morgan fingerprint density at radius 1 is 1.12 bits per heavy atom. The number of halogens is 2. The second kappa shape index (κ2) is 6.91. The number of nitrogens with zero attached hydrogens (tertiary/aromatic N) is 3. The zero-order chi connectivity index (χ0) is 18.8. The van der Waals surface area contributed by atoms with Crippen LogP contribution in [0.4, 0.5) is 0 Å². The van der Waals surface area contributed by atoms with Crippen molar-refractivity contribution in [1.29, 1.82) is 15.8 Å². The fraction of sp³-hybridized carbons (Fsp3) is 0.167. The van der Waals surface area contributed by atoms with Gasteiger partial charge in [-0.05, 0) is 31.5 Å². The maximum Gasteiger partial charge on any atom is 0.172 e. The van der Waals surface area contributed by atoms with Crippen molar-refractivity contribution in [3.8, 4) is 24.0 Å². The lowest BCUT2D eigenvalue weighted by atomic mass is 9.94. The number of aromatic hydroxyl groups is 1. The van der Waals surface area contributed by atoms with E-state index < -0.39 is 5.60 Å². The van der Waals surface area contributed by atoms with E-state index >= 15 is 0 Å². The summed E-state index contributed by atoms with van der Waals surface area (Å²) < 4.78 is 5.66. The van der Waals surface area contributed by atoms with Crippen molar-refractivity contribution in [1.82, 2.24) is 0 Å². The van der Waals surface area contributed by atoms with Gasteiger partial charge in [0.05, 0.1) is 10.0 Å². The molecule has 1 aromatic rings. The molecule has 1 aliphatic heterocycles. The molecule has 0 spiro atoms. The SMILES string of the molecule is CC1(C)OC(=C(C#N)C#N)C(C#N)=C1C=Cc1cc(Cl)c(O)c(Cl)c1. The summed E-state index contributed by atoms with van der Waals surface area (Å²) in [5, 5.41) is 37.3. The molecule has 0 atom stereocenters. The highest BCUT2D eigenvalue weighted by Gasteiger charge is 2.38. The number of hydrogen-bond donors (Lipinski definition) is 1. The van der Waals surface area contributed by atoms with Crippen LogP contribution in [0, 0.1) is 34.0 Å². The molecule has 124 valence electrons. The van der Waals surface area contributed by atoms with Crippen LogP contribution in [-0.4, -0.2) is 10.7 Å². The van der Waals surface area contributed by atoms with Gasteiger partial charge in [-0.2, -0.15) is 15.8 Å². The van der Waals surface area contributed by atoms with Crippen LogP contribution in [0.2, 0.25) is 10.0 Å². The Morgan fingerprint density at radius 3 is 2.16 bits per heavy atom. The van der Waals surface area contributed by atoms with Crippen molar-refractivity contribution in [3.63, 3.8) is 0 Å². The van der Waals surface area contributed by atoms with Crippen molar-refractivity contribution >= 4 is 29.3 Å². The highest BCUT2D eigenvalue weighted by atomic mass is 35.5. The molecule has 0 radical (unpaired) electrons. The van der Waals surface area contributed by atoms with E-state index in [1.165, 1.54) is 12.1 Å². The summed E-state index contributed by atoms with van der Waals surface area (Å²) in [7, 11) is 0. The molecule has 25 heavy (non-hydrogen) atoms. The first-order chi connectivity index (χ1) is 11.7. The van der Waals surface area contributed by atoms with Gasteiger partial charge in [0.25, 0.3) is 0 Å². The molecule has 0 saturated carbocycles. The van der Waals surface area contributed by atoms with E-state index in [9.17, 15) is 10.4 Å². The first-order valence-corrected chi connectivity index (χ1v) is 7.75. The minimum Gasteiger partial charge on any atom is -0.505 e. The molecule has 1 aromatic carbocycles. The average Bonchev–Trinajstić information content (AvgIpc) is 2.81. The second-order valence-corrected chi connectivity index (χ2v) is 6.42. The standard InChI is InChI=1S/C18H11Cl2N3O2/c1-18(2)13(12(9-23)17(25-18)11(7-21)8-22)4-3-10-5-14(19)16(24)15(20)6-10/h3-6,24H,1-2H3. The van der Waals surface area contributed by atoms with E-state index in [4.69, 9.17) is 38.5 Å². The molecule has 0 amide bonds. The predicted octanol–water partition coefficient (Wildman–Crippen LogP) is 4.64. The lowest BCUT2D eigenvalue weighted by Crippen LogP contribution is -2.20. The molecule has 1 heterocycles. The molecular formula is C18H11Cl2N3O2. The summed E-state index contributed by atoms with van der Waals surface area (Å²) in [6.07, 6.45) is 3.29. The van der Waals surface area contributed by atoms with Gasteiger partial charge in [0.1, 0.15) is 29.4 Å². The Kier molecular flexibility index (Phi) is 5.10. The molecule has 0 saturated heterocycles. The largest absolute Gasteiger partial charge is 0.505 e. The van der Waals surface area contributed by atoms with Gasteiger partial charge in [0, 0.05) is 5.57 Å². The van der Waals surface area contributed by atoms with Crippen molar-refractivity contribution in [2.75, 3.05) is 0 Å². The van der Waals surface area contributed by atoms with Crippen molar-refractivity contribution in [3.05, 3.63) is 56.3 Å². The van der Waals surface area contributed by atoms with Crippen molar-refractivity contribution in [2.45, 2.75) is 19.4 Å². The number of phenols is 1. The first-order valence-electron chi connectivity index (χ1n) is 7.00. The van der Waals surface area contributed by atoms with E-state index in [-0.39, 0.29) is 32.7 Å². The minimum absolute atomic E-state index is 0.0288. The minimum atomic E-state index is -0.902. The summed E-state index contributed by atoms with van der Waals surface area (Å²) in [6, 6.07) is 8.48. The Hall–Kier alpha value is -2.91. The van der Waals surface area contributed by atoms with Crippen molar-refractivity contribution in [2.24, 2.45) is 0 Å². The number of allylic oxidation sites excluding steroid dienone is 2. The van der Waals surface area contributed by atoms with Crippen LogP contribution >= 0.6 is 23.2 Å². The average molecular weight is 372 g/mol. The molecule has 1 N–H and O–H groups in total. The molecular weight excluding hydrogens is 361 g/mol. The summed E-state index contributed by atoms with van der Waals surface area (Å²) in [5.74, 6) is -0.237. The van der Waals surface area contributed by atoms with Gasteiger partial charge in [-0.15, -0.1) is 0 Å². The van der Waals surface area contributed by atoms with Gasteiger partial charge in [-0.3, -0.25) is 0 Å². The molecule has 0 aliphatic carbocycles. The first kappa shape index (κ1) is 18.4. The van der Waals surface area contributed by atoms with Crippen LogP contribution in [0.15, 0.2) is 40.7 Å². The molecule has 2 rings (SSSR count). The Morgan fingerprint density at radius 2 is 1.68 bits per heavy atom. The van der Waals surface area contributed by atoms with Crippen LogP contribution in [0.25, 0.3) is 6.08 Å². The van der Waals surface area contributed by atoms with E-state index in [0.717, 1.165) is 0 Å². The Labute approximate surface area is 154 Å². The van der Waals surface area contributed by atoms with Crippen LogP contribution in [-0.2, 0) is 4.74 Å². The molecule has 7 heteroatoms. The van der Waals surface area contributed by atoms with Gasteiger partial charge >= 0.3 is 0 Å². The molecule has 0 fully saturated rings. The maximum absolute atomic E-state index is 9.60. The van der Waals surface area contributed by atoms with E-state index in [1.54, 1.807) is 38.1 Å². The third-order valence-corrected chi connectivity index (χ3v) is 4.12. The lowest BCUT2D eigenvalue weighted by Gasteiger charge is -2.20. The van der Waals surface area contributed by atoms with Gasteiger partial charge < -0.3 is 9.84 Å². The van der Waals surface area contributed by atoms with E-state index in [2.05, 4.69) is 0 Å². The smallest absolute Gasteiger partial charge is 0.172 e. The normalized spacial score (nSPS) is 15.5. The number of ether oxygens (including phenoxy) is 1. The second-order valence-electron chi connectivity index (χ2n) is 5.61. The zero-order valence-electron chi connectivity index (χ0n) is 13.3. The lowest BCUT2D eigenvalue weighted by molar-refractivity contribution is 0.0954. The monoisotopic (exact) mass is 371 g/mol. The van der Waals surface area contributed by atoms with E-state index in [1.807, 2.05) is 6.07 Å². The topological polar surface area (TPSA) is 101 Å². The zero-order valence-corrected chi connectivity index (χ0v) is 14.8. The van der Waals surface area contributed by atoms with Gasteiger partial charge in [0.15, 0.2) is 17.1 Å². The molecule has 0 bridgehead atoms. The molecule has 1 aliphatic rings. The highest BCUT2D eigenvalue weighted by molar-refractivity contribution is 6.37. The molecule has 0 aromatic heterocycles. The highest BCUT2D eigenvalue weighted by Crippen LogP contribution is 2.40.